The molecule has 0 aliphatic carbocycles. The second kappa shape index (κ2) is 3.85. The Morgan fingerprint density at radius 3 is 2.79 bits per heavy atom. The highest BCUT2D eigenvalue weighted by molar-refractivity contribution is 6.28. The molecular weight excluding hydrogens is 198 g/mol. The number of anilines is 1. The maximum Gasteiger partial charge on any atom is 0.224 e. The largest absolute Gasteiger partial charge is 0.354 e. The molecule has 0 aliphatic rings. The van der Waals surface area contributed by atoms with E-state index in [0.717, 1.165) is 5.56 Å². The Morgan fingerprint density at radius 2 is 2.21 bits per heavy atom. The molecule has 0 aliphatic heterocycles. The summed E-state index contributed by atoms with van der Waals surface area (Å²) >= 11 is 5.67. The van der Waals surface area contributed by atoms with Crippen LogP contribution in [0.3, 0.4) is 0 Å². The van der Waals surface area contributed by atoms with Crippen molar-refractivity contribution in [2.24, 2.45) is 0 Å². The van der Waals surface area contributed by atoms with Crippen molar-refractivity contribution in [1.82, 2.24) is 9.97 Å². The minimum absolute atomic E-state index is 0.214. The van der Waals surface area contributed by atoms with Gasteiger partial charge in [0.05, 0.1) is 5.54 Å². The van der Waals surface area contributed by atoms with E-state index in [4.69, 9.17) is 18.0 Å². The Bertz CT molecular complexity index is 379. The summed E-state index contributed by atoms with van der Waals surface area (Å²) in [5.41, 5.74) is 0.473. The van der Waals surface area contributed by atoms with Crippen molar-refractivity contribution < 1.29 is 0 Å². The zero-order chi connectivity index (χ0) is 10.8. The molecule has 0 aromatic carbocycles. The first-order valence-corrected chi connectivity index (χ1v) is 4.57. The average molecular weight is 210 g/mol. The van der Waals surface area contributed by atoms with E-state index in [1.807, 2.05) is 20.8 Å². The summed E-state index contributed by atoms with van der Waals surface area (Å²) in [6.07, 6.45) is 7.01. The van der Waals surface area contributed by atoms with Crippen LogP contribution < -0.4 is 5.32 Å². The summed E-state index contributed by atoms with van der Waals surface area (Å²) in [6.45, 7) is 5.68. The highest BCUT2D eigenvalue weighted by atomic mass is 35.5. The topological polar surface area (TPSA) is 37.8 Å². The molecule has 0 bridgehead atoms. The molecule has 1 heterocycles. The Kier molecular flexibility index (Phi) is 2.97. The van der Waals surface area contributed by atoms with E-state index < -0.39 is 5.54 Å². The van der Waals surface area contributed by atoms with Crippen LogP contribution in [0, 0.1) is 19.3 Å². The van der Waals surface area contributed by atoms with Gasteiger partial charge in [-0.05, 0) is 32.4 Å². The predicted molar refractivity (Wildman–Crippen MR) is 58.3 cm³/mol. The smallest absolute Gasteiger partial charge is 0.224 e. The lowest BCUT2D eigenvalue weighted by atomic mass is 10.1. The van der Waals surface area contributed by atoms with Crippen molar-refractivity contribution in [3.8, 4) is 12.3 Å². The van der Waals surface area contributed by atoms with Crippen LogP contribution in [0.25, 0.3) is 0 Å². The Morgan fingerprint density at radius 1 is 1.57 bits per heavy atom. The molecule has 0 fully saturated rings. The highest BCUT2D eigenvalue weighted by Gasteiger charge is 2.15. The van der Waals surface area contributed by atoms with Gasteiger partial charge in [-0.1, -0.05) is 5.92 Å². The number of nitrogens with one attached hydrogen (secondary N) is 1. The Labute approximate surface area is 88.9 Å². The molecule has 1 N–H and O–H groups in total. The molecule has 1 aromatic rings. The fourth-order valence-corrected chi connectivity index (χ4v) is 1.01. The lowest BCUT2D eigenvalue weighted by Gasteiger charge is -2.21. The van der Waals surface area contributed by atoms with Gasteiger partial charge in [-0.15, -0.1) is 6.42 Å². The van der Waals surface area contributed by atoms with Gasteiger partial charge >= 0.3 is 0 Å². The molecule has 1 rings (SSSR count). The van der Waals surface area contributed by atoms with Crippen molar-refractivity contribution in [1.29, 1.82) is 0 Å². The van der Waals surface area contributed by atoms with E-state index in [2.05, 4.69) is 21.2 Å². The van der Waals surface area contributed by atoms with E-state index in [1.165, 1.54) is 0 Å². The van der Waals surface area contributed by atoms with Gasteiger partial charge in [-0.3, -0.25) is 0 Å². The lowest BCUT2D eigenvalue weighted by Crippen LogP contribution is -2.29. The van der Waals surface area contributed by atoms with Crippen molar-refractivity contribution >= 4 is 17.4 Å². The molecule has 0 saturated carbocycles. The molecule has 1 aromatic heterocycles. The second-order valence-electron chi connectivity index (χ2n) is 3.56. The van der Waals surface area contributed by atoms with Crippen LogP contribution in [0.1, 0.15) is 19.4 Å². The molecular formula is C10H12ClN3. The summed E-state index contributed by atoms with van der Waals surface area (Å²) in [6, 6.07) is 0. The van der Waals surface area contributed by atoms with Crippen LogP contribution in [0.15, 0.2) is 6.20 Å². The van der Waals surface area contributed by atoms with E-state index in [0.29, 0.717) is 5.82 Å². The normalized spacial score (nSPS) is 10.8. The van der Waals surface area contributed by atoms with Gasteiger partial charge in [0.25, 0.3) is 0 Å². The molecule has 0 amide bonds. The number of nitrogens with zero attached hydrogens (tertiary/aromatic N) is 2. The highest BCUT2D eigenvalue weighted by Crippen LogP contribution is 2.17. The van der Waals surface area contributed by atoms with Crippen LogP contribution in [0.2, 0.25) is 5.28 Å². The molecule has 0 atom stereocenters. The van der Waals surface area contributed by atoms with E-state index >= 15 is 0 Å². The summed E-state index contributed by atoms with van der Waals surface area (Å²) in [4.78, 5) is 7.91. The van der Waals surface area contributed by atoms with Gasteiger partial charge < -0.3 is 5.32 Å². The van der Waals surface area contributed by atoms with Gasteiger partial charge in [-0.2, -0.15) is 0 Å². The van der Waals surface area contributed by atoms with Gasteiger partial charge in [0.15, 0.2) is 0 Å². The third kappa shape index (κ3) is 2.61. The summed E-state index contributed by atoms with van der Waals surface area (Å²) in [5, 5.41) is 3.32. The zero-order valence-electron chi connectivity index (χ0n) is 8.43. The summed E-state index contributed by atoms with van der Waals surface area (Å²) < 4.78 is 0. The SMILES string of the molecule is C#CC(C)(C)Nc1nc(Cl)ncc1C. The van der Waals surface area contributed by atoms with Gasteiger partial charge in [-0.25, -0.2) is 9.97 Å². The standard InChI is InChI=1S/C10H12ClN3/c1-5-10(3,4)14-8-7(2)6-12-9(11)13-8/h1,6H,2-4H3,(H,12,13,14). The third-order valence-corrected chi connectivity index (χ3v) is 1.92. The summed E-state index contributed by atoms with van der Waals surface area (Å²) in [5.74, 6) is 3.30. The van der Waals surface area contributed by atoms with E-state index in [-0.39, 0.29) is 5.28 Å². The molecule has 14 heavy (non-hydrogen) atoms. The molecule has 4 heteroatoms. The van der Waals surface area contributed by atoms with Crippen LogP contribution >= 0.6 is 11.6 Å². The van der Waals surface area contributed by atoms with Gasteiger partial charge in [0.2, 0.25) is 5.28 Å². The maximum absolute atomic E-state index is 5.67. The van der Waals surface area contributed by atoms with Crippen molar-refractivity contribution in [2.45, 2.75) is 26.3 Å². The zero-order valence-corrected chi connectivity index (χ0v) is 9.18. The molecule has 3 nitrogen and oxygen atoms in total. The van der Waals surface area contributed by atoms with Crippen LogP contribution in [-0.2, 0) is 0 Å². The predicted octanol–water partition coefficient (Wildman–Crippen LogP) is 2.26. The molecule has 0 unspecified atom stereocenters. The summed E-state index contributed by atoms with van der Waals surface area (Å²) in [7, 11) is 0. The molecule has 0 radical (unpaired) electrons. The minimum Gasteiger partial charge on any atom is -0.354 e. The lowest BCUT2D eigenvalue weighted by molar-refractivity contribution is 0.733. The molecule has 74 valence electrons. The quantitative estimate of drug-likeness (QED) is 0.600. The first-order valence-electron chi connectivity index (χ1n) is 4.20. The Balaban J connectivity index is 2.98. The third-order valence-electron chi connectivity index (χ3n) is 1.73. The fraction of sp³-hybridized carbons (Fsp3) is 0.400. The number of hydrogen-bond acceptors (Lipinski definition) is 3. The van der Waals surface area contributed by atoms with Crippen molar-refractivity contribution in [2.75, 3.05) is 5.32 Å². The number of halogens is 1. The maximum atomic E-state index is 5.67. The number of terminal acetylenes is 1. The number of aryl methyl sites for hydroxylation is 1. The Hall–Kier alpha value is -1.27. The average Bonchev–Trinajstić information content (AvgIpc) is 2.11. The molecule has 0 saturated heterocycles. The number of hydrogen-bond donors (Lipinski definition) is 1. The number of aromatic nitrogens is 2. The fourth-order valence-electron chi connectivity index (χ4n) is 0.879. The van der Waals surface area contributed by atoms with Crippen LogP contribution in [0.5, 0.6) is 0 Å². The van der Waals surface area contributed by atoms with E-state index in [9.17, 15) is 0 Å². The van der Waals surface area contributed by atoms with Crippen molar-refractivity contribution in [3.05, 3.63) is 17.0 Å². The van der Waals surface area contributed by atoms with Gasteiger partial charge in [0.1, 0.15) is 5.82 Å². The van der Waals surface area contributed by atoms with Crippen molar-refractivity contribution in [3.63, 3.8) is 0 Å². The van der Waals surface area contributed by atoms with E-state index in [1.54, 1.807) is 6.20 Å². The second-order valence-corrected chi connectivity index (χ2v) is 3.90. The monoisotopic (exact) mass is 209 g/mol. The first kappa shape index (κ1) is 10.8. The first-order chi connectivity index (χ1) is 6.44. The minimum atomic E-state index is -0.442. The van der Waals surface area contributed by atoms with Crippen LogP contribution in [-0.4, -0.2) is 15.5 Å². The molecule has 0 spiro atoms. The van der Waals surface area contributed by atoms with Crippen LogP contribution in [0.4, 0.5) is 5.82 Å². The number of rotatable bonds is 2. The van der Waals surface area contributed by atoms with Gasteiger partial charge in [0, 0.05) is 11.8 Å².